The second-order valence-electron chi connectivity index (χ2n) is 7.56. The number of rotatable bonds is 2. The minimum atomic E-state index is -0.0751. The van der Waals surface area contributed by atoms with Crippen LogP contribution in [0.25, 0.3) is 0 Å². The predicted molar refractivity (Wildman–Crippen MR) is 79.2 cm³/mol. The van der Waals surface area contributed by atoms with Gasteiger partial charge in [0.2, 0.25) is 0 Å². The Labute approximate surface area is 123 Å². The van der Waals surface area contributed by atoms with Gasteiger partial charge in [-0.2, -0.15) is 0 Å². The van der Waals surface area contributed by atoms with Crippen LogP contribution in [0.5, 0.6) is 0 Å². The summed E-state index contributed by atoms with van der Waals surface area (Å²) in [6, 6.07) is 0.733. The summed E-state index contributed by atoms with van der Waals surface area (Å²) < 4.78 is 7.02. The molecule has 3 rings (SSSR count). The van der Waals surface area contributed by atoms with E-state index in [-0.39, 0.29) is 12.1 Å². The van der Waals surface area contributed by atoms with Crippen LogP contribution >= 0.6 is 0 Å². The summed E-state index contributed by atoms with van der Waals surface area (Å²) in [5.74, 6) is 1.19. The van der Waals surface area contributed by atoms with Gasteiger partial charge in [0.1, 0.15) is 6.10 Å². The lowest BCUT2D eigenvalue weighted by atomic mass is 9.66. The third kappa shape index (κ3) is 2.61. The first-order chi connectivity index (χ1) is 9.60. The van der Waals surface area contributed by atoms with E-state index in [1.165, 1.54) is 68.9 Å². The van der Waals surface area contributed by atoms with Crippen molar-refractivity contribution < 1.29 is 14.0 Å². The third-order valence-corrected chi connectivity index (χ3v) is 6.27. The van der Waals surface area contributed by atoms with E-state index < -0.39 is 0 Å². The Morgan fingerprint density at radius 2 is 1.75 bits per heavy atom. The van der Waals surface area contributed by atoms with Gasteiger partial charge in [-0.25, -0.2) is 0 Å². The molecule has 2 bridgehead atoms. The van der Waals surface area contributed by atoms with Crippen molar-refractivity contribution in [2.45, 2.75) is 70.4 Å². The molecule has 0 amide bonds. The zero-order valence-electron chi connectivity index (χ0n) is 13.1. The zero-order valence-corrected chi connectivity index (χ0v) is 13.1. The van der Waals surface area contributed by atoms with Crippen molar-refractivity contribution in [3.05, 3.63) is 0 Å². The number of likely N-dealkylation sites (tertiary alicyclic amines) is 1. The van der Waals surface area contributed by atoms with Crippen LogP contribution in [0.1, 0.15) is 58.3 Å². The van der Waals surface area contributed by atoms with Crippen LogP contribution in [-0.4, -0.2) is 42.7 Å². The highest BCUT2D eigenvalue weighted by Crippen LogP contribution is 2.46. The van der Waals surface area contributed by atoms with Crippen molar-refractivity contribution in [3.8, 4) is 0 Å². The predicted octanol–water partition coefficient (Wildman–Crippen LogP) is 3.13. The zero-order chi connectivity index (χ0) is 14.2. The molecule has 3 nitrogen and oxygen atoms in total. The maximum absolute atomic E-state index is 11.5. The molecule has 3 aliphatic rings. The molecule has 1 heterocycles. The summed E-state index contributed by atoms with van der Waals surface area (Å²) in [5, 5.41) is 0. The molecule has 2 aliphatic carbocycles. The van der Waals surface area contributed by atoms with Crippen LogP contribution in [0.2, 0.25) is 0 Å². The Kier molecular flexibility index (Phi) is 4.07. The second-order valence-corrected chi connectivity index (χ2v) is 7.56. The summed E-state index contributed by atoms with van der Waals surface area (Å²) in [6.45, 7) is 4.24. The molecule has 0 N–H and O–H groups in total. The van der Waals surface area contributed by atoms with Gasteiger partial charge in [-0.05, 0) is 44.4 Å². The minimum Gasteiger partial charge on any atom is -0.462 e. The second kappa shape index (κ2) is 5.67. The van der Waals surface area contributed by atoms with Crippen LogP contribution in [0.3, 0.4) is 0 Å². The van der Waals surface area contributed by atoms with Gasteiger partial charge in [-0.3, -0.25) is 4.79 Å². The fourth-order valence-corrected chi connectivity index (χ4v) is 5.33. The Morgan fingerprint density at radius 1 is 1.00 bits per heavy atom. The van der Waals surface area contributed by atoms with Gasteiger partial charge in [0.05, 0.1) is 26.2 Å². The van der Waals surface area contributed by atoms with E-state index in [0.29, 0.717) is 11.8 Å². The third-order valence-electron chi connectivity index (χ3n) is 6.27. The molecule has 0 radical (unpaired) electrons. The number of piperidine rings is 1. The van der Waals surface area contributed by atoms with Gasteiger partial charge in [0.15, 0.2) is 0 Å². The molecule has 0 aromatic rings. The topological polar surface area (TPSA) is 26.3 Å². The Bertz CT molecular complexity index is 362. The van der Waals surface area contributed by atoms with E-state index in [1.54, 1.807) is 6.92 Å². The Balaban J connectivity index is 1.79. The highest BCUT2D eigenvalue weighted by atomic mass is 16.5. The number of hydrogen-bond donors (Lipinski definition) is 0. The van der Waals surface area contributed by atoms with E-state index in [4.69, 9.17) is 4.74 Å². The van der Waals surface area contributed by atoms with Crippen molar-refractivity contribution in [1.82, 2.24) is 0 Å². The van der Waals surface area contributed by atoms with Crippen LogP contribution in [-0.2, 0) is 9.53 Å². The van der Waals surface area contributed by atoms with Crippen molar-refractivity contribution in [3.63, 3.8) is 0 Å². The summed E-state index contributed by atoms with van der Waals surface area (Å²) >= 11 is 0. The lowest BCUT2D eigenvalue weighted by molar-refractivity contribution is -0.943. The fraction of sp³-hybridized carbons (Fsp3) is 0.941. The Morgan fingerprint density at radius 3 is 2.45 bits per heavy atom. The van der Waals surface area contributed by atoms with E-state index in [1.807, 2.05) is 0 Å². The minimum absolute atomic E-state index is 0.0751. The van der Waals surface area contributed by atoms with Gasteiger partial charge in [-0.15, -0.1) is 0 Å². The SMILES string of the molecule is CC(=O)O[C@@H]1C2CCCC1C([N+]1(C)CCCCC1)CC2. The van der Waals surface area contributed by atoms with Crippen molar-refractivity contribution >= 4 is 5.97 Å². The largest absolute Gasteiger partial charge is 0.462 e. The van der Waals surface area contributed by atoms with Gasteiger partial charge in [-0.1, -0.05) is 6.42 Å². The molecule has 3 heteroatoms. The highest BCUT2D eigenvalue weighted by Gasteiger charge is 2.50. The summed E-state index contributed by atoms with van der Waals surface area (Å²) in [4.78, 5) is 11.5. The fourth-order valence-electron chi connectivity index (χ4n) is 5.33. The van der Waals surface area contributed by atoms with Crippen LogP contribution < -0.4 is 0 Å². The van der Waals surface area contributed by atoms with Crippen LogP contribution in [0, 0.1) is 11.8 Å². The smallest absolute Gasteiger partial charge is 0.302 e. The normalized spacial score (nSPS) is 40.1. The van der Waals surface area contributed by atoms with Crippen LogP contribution in [0.4, 0.5) is 0 Å². The number of fused-ring (bicyclic) bond motifs is 2. The van der Waals surface area contributed by atoms with E-state index in [9.17, 15) is 4.79 Å². The average Bonchev–Trinajstić information content (AvgIpc) is 2.38. The molecule has 3 unspecified atom stereocenters. The van der Waals surface area contributed by atoms with Gasteiger partial charge in [0.25, 0.3) is 0 Å². The number of esters is 1. The van der Waals surface area contributed by atoms with Crippen molar-refractivity contribution in [2.75, 3.05) is 20.1 Å². The quantitative estimate of drug-likeness (QED) is 0.574. The number of nitrogens with zero attached hydrogens (tertiary/aromatic N) is 1. The first kappa shape index (κ1) is 14.4. The molecule has 0 aromatic carbocycles. The number of carbonyl (C=O) groups is 1. The molecule has 0 aromatic heterocycles. The summed E-state index contributed by atoms with van der Waals surface area (Å²) in [5.41, 5.74) is 0. The van der Waals surface area contributed by atoms with Crippen molar-refractivity contribution in [1.29, 1.82) is 0 Å². The molecular weight excluding hydrogens is 250 g/mol. The molecular formula is C17H30NO2+. The number of hydrogen-bond acceptors (Lipinski definition) is 2. The van der Waals surface area contributed by atoms with E-state index >= 15 is 0 Å². The first-order valence-corrected chi connectivity index (χ1v) is 8.61. The average molecular weight is 280 g/mol. The maximum atomic E-state index is 11.5. The number of carbonyl (C=O) groups excluding carboxylic acids is 1. The monoisotopic (exact) mass is 280 g/mol. The molecule has 1 aliphatic heterocycles. The van der Waals surface area contributed by atoms with E-state index in [0.717, 1.165) is 6.04 Å². The van der Waals surface area contributed by atoms with Crippen molar-refractivity contribution in [2.24, 2.45) is 11.8 Å². The molecule has 20 heavy (non-hydrogen) atoms. The molecule has 0 spiro atoms. The Hall–Kier alpha value is -0.570. The highest BCUT2D eigenvalue weighted by molar-refractivity contribution is 5.66. The molecule has 1 saturated heterocycles. The standard InChI is InChI=1S/C17H30NO2/c1-13(19)20-17-14-7-6-8-15(17)16(10-9-14)18(2)11-4-3-5-12-18/h14-17H,3-12H2,1-2H3/q+1/t14?,15?,16?,17-/m1/s1. The lowest BCUT2D eigenvalue weighted by Gasteiger charge is -2.54. The first-order valence-electron chi connectivity index (χ1n) is 8.61. The lowest BCUT2D eigenvalue weighted by Crippen LogP contribution is -2.63. The summed E-state index contributed by atoms with van der Waals surface area (Å²) in [6.07, 6.45) is 10.9. The molecule has 2 saturated carbocycles. The van der Waals surface area contributed by atoms with Crippen LogP contribution in [0.15, 0.2) is 0 Å². The van der Waals surface area contributed by atoms with Gasteiger partial charge < -0.3 is 9.22 Å². The summed E-state index contributed by atoms with van der Waals surface area (Å²) in [7, 11) is 2.46. The molecule has 114 valence electrons. The molecule has 3 fully saturated rings. The van der Waals surface area contributed by atoms with Gasteiger partial charge in [0, 0.05) is 19.3 Å². The number of ether oxygens (including phenoxy) is 1. The number of quaternary nitrogens is 1. The van der Waals surface area contributed by atoms with E-state index in [2.05, 4.69) is 7.05 Å². The maximum Gasteiger partial charge on any atom is 0.302 e. The van der Waals surface area contributed by atoms with Gasteiger partial charge >= 0.3 is 5.97 Å². The molecule has 4 atom stereocenters.